The Hall–Kier alpha value is -4.19. The van der Waals surface area contributed by atoms with E-state index in [1.165, 1.54) is 11.9 Å². The van der Waals surface area contributed by atoms with Gasteiger partial charge < -0.3 is 15.4 Å². The molecule has 0 atom stereocenters. The van der Waals surface area contributed by atoms with Gasteiger partial charge in [-0.15, -0.1) is 0 Å². The van der Waals surface area contributed by atoms with Crippen molar-refractivity contribution in [3.8, 4) is 17.0 Å². The summed E-state index contributed by atoms with van der Waals surface area (Å²) in [6.07, 6.45) is 1.54. The fourth-order valence-corrected chi connectivity index (χ4v) is 3.21. The van der Waals surface area contributed by atoms with Crippen LogP contribution in [0.4, 0.5) is 17.2 Å². The largest absolute Gasteiger partial charge is 0.492 e. The van der Waals surface area contributed by atoms with E-state index >= 15 is 0 Å². The smallest absolute Gasteiger partial charge is 0.255 e. The topological polar surface area (TPSA) is 76.1 Å². The Labute approximate surface area is 187 Å². The van der Waals surface area contributed by atoms with Crippen LogP contribution in [0.25, 0.3) is 11.3 Å². The van der Waals surface area contributed by atoms with Crippen LogP contribution in [0.5, 0.6) is 5.75 Å². The molecule has 1 aromatic heterocycles. The number of anilines is 3. The summed E-state index contributed by atoms with van der Waals surface area (Å²) in [5.41, 5.74) is 5.08. The molecule has 0 saturated carbocycles. The van der Waals surface area contributed by atoms with Gasteiger partial charge in [-0.2, -0.15) is 0 Å². The lowest BCUT2D eigenvalue weighted by molar-refractivity contribution is 0.102. The number of nitrogens with one attached hydrogen (secondary N) is 2. The zero-order valence-electron chi connectivity index (χ0n) is 18.0. The summed E-state index contributed by atoms with van der Waals surface area (Å²) in [5.74, 6) is 1.13. The van der Waals surface area contributed by atoms with Crippen molar-refractivity contribution in [3.05, 3.63) is 96.3 Å². The number of amides is 1. The van der Waals surface area contributed by atoms with Gasteiger partial charge in [-0.25, -0.2) is 9.97 Å². The highest BCUT2D eigenvalue weighted by molar-refractivity contribution is 6.05. The molecule has 0 spiro atoms. The van der Waals surface area contributed by atoms with Crippen molar-refractivity contribution in [2.45, 2.75) is 13.8 Å². The Balaban J connectivity index is 1.45. The SMILES string of the molecule is CCOc1ccccc1NC(=O)c1ccc(Nc2cc(-c3ccc(C)cc3)ncn2)cc1. The summed E-state index contributed by atoms with van der Waals surface area (Å²) in [5, 5.41) is 6.17. The summed E-state index contributed by atoms with van der Waals surface area (Å²) < 4.78 is 5.57. The highest BCUT2D eigenvalue weighted by Crippen LogP contribution is 2.25. The molecule has 0 radical (unpaired) electrons. The van der Waals surface area contributed by atoms with Crippen molar-refractivity contribution in [3.63, 3.8) is 0 Å². The van der Waals surface area contributed by atoms with E-state index in [9.17, 15) is 4.79 Å². The van der Waals surface area contributed by atoms with Crippen LogP contribution < -0.4 is 15.4 Å². The average molecular weight is 425 g/mol. The molecule has 1 amide bonds. The number of aromatic nitrogens is 2. The number of para-hydroxylation sites is 2. The minimum atomic E-state index is -0.201. The highest BCUT2D eigenvalue weighted by atomic mass is 16.5. The maximum Gasteiger partial charge on any atom is 0.255 e. The minimum absolute atomic E-state index is 0.201. The van der Waals surface area contributed by atoms with E-state index in [0.717, 1.165) is 16.9 Å². The Kier molecular flexibility index (Phi) is 6.41. The molecule has 0 aliphatic rings. The molecule has 0 fully saturated rings. The maximum atomic E-state index is 12.7. The van der Waals surface area contributed by atoms with Crippen LogP contribution in [0.1, 0.15) is 22.8 Å². The molecule has 6 nitrogen and oxygen atoms in total. The fraction of sp³-hybridized carbons (Fsp3) is 0.115. The molecule has 0 aliphatic carbocycles. The summed E-state index contributed by atoms with van der Waals surface area (Å²) in [6.45, 7) is 4.49. The van der Waals surface area contributed by atoms with Gasteiger partial charge in [0.25, 0.3) is 5.91 Å². The van der Waals surface area contributed by atoms with E-state index in [1.807, 2.05) is 61.5 Å². The van der Waals surface area contributed by atoms with E-state index in [2.05, 4.69) is 39.7 Å². The molecule has 0 bridgehead atoms. The standard InChI is InChI=1S/C26H24N4O2/c1-3-32-24-7-5-4-6-22(24)30-26(31)20-12-14-21(15-13-20)29-25-16-23(27-17-28-25)19-10-8-18(2)9-11-19/h4-17H,3H2,1-2H3,(H,30,31)(H,27,28,29). The summed E-state index contributed by atoms with van der Waals surface area (Å²) in [6, 6.07) is 24.7. The molecule has 32 heavy (non-hydrogen) atoms. The van der Waals surface area contributed by atoms with Gasteiger partial charge in [0.15, 0.2) is 0 Å². The number of benzene rings is 3. The third kappa shape index (κ3) is 5.10. The third-order valence-electron chi connectivity index (χ3n) is 4.87. The first-order chi connectivity index (χ1) is 15.6. The molecular formula is C26H24N4O2. The Morgan fingerprint density at radius 3 is 2.44 bits per heavy atom. The molecule has 4 aromatic rings. The lowest BCUT2D eigenvalue weighted by atomic mass is 10.1. The highest BCUT2D eigenvalue weighted by Gasteiger charge is 2.10. The Morgan fingerprint density at radius 1 is 0.938 bits per heavy atom. The lowest BCUT2D eigenvalue weighted by Crippen LogP contribution is -2.13. The van der Waals surface area contributed by atoms with Crippen molar-refractivity contribution in [1.82, 2.24) is 9.97 Å². The average Bonchev–Trinajstić information content (AvgIpc) is 2.82. The molecule has 3 aromatic carbocycles. The van der Waals surface area contributed by atoms with Crippen LogP contribution in [0.2, 0.25) is 0 Å². The molecule has 0 saturated heterocycles. The molecule has 1 heterocycles. The van der Waals surface area contributed by atoms with Crippen LogP contribution in [-0.4, -0.2) is 22.5 Å². The Morgan fingerprint density at radius 2 is 1.69 bits per heavy atom. The normalized spacial score (nSPS) is 10.4. The number of nitrogens with zero attached hydrogens (tertiary/aromatic N) is 2. The third-order valence-corrected chi connectivity index (χ3v) is 4.87. The molecule has 6 heteroatoms. The number of carbonyl (C=O) groups is 1. The number of aryl methyl sites for hydroxylation is 1. The van der Waals surface area contributed by atoms with Crippen LogP contribution in [0.3, 0.4) is 0 Å². The zero-order valence-corrected chi connectivity index (χ0v) is 18.0. The van der Waals surface area contributed by atoms with Gasteiger partial charge in [-0.05, 0) is 50.2 Å². The van der Waals surface area contributed by atoms with Gasteiger partial charge in [0.1, 0.15) is 17.9 Å². The van der Waals surface area contributed by atoms with Crippen molar-refractivity contribution < 1.29 is 9.53 Å². The van der Waals surface area contributed by atoms with Crippen molar-refractivity contribution in [2.75, 3.05) is 17.2 Å². The number of rotatable bonds is 7. The first-order valence-corrected chi connectivity index (χ1v) is 10.4. The van der Waals surface area contributed by atoms with Gasteiger partial charge in [0.05, 0.1) is 18.0 Å². The van der Waals surface area contributed by atoms with Gasteiger partial charge in [0, 0.05) is 22.9 Å². The molecule has 160 valence electrons. The molecule has 0 unspecified atom stereocenters. The van der Waals surface area contributed by atoms with Gasteiger partial charge in [0.2, 0.25) is 0 Å². The van der Waals surface area contributed by atoms with E-state index in [1.54, 1.807) is 12.1 Å². The van der Waals surface area contributed by atoms with Gasteiger partial charge in [-0.1, -0.05) is 42.0 Å². The quantitative estimate of drug-likeness (QED) is 0.389. The van der Waals surface area contributed by atoms with Crippen LogP contribution in [0, 0.1) is 6.92 Å². The number of ether oxygens (including phenoxy) is 1. The van der Waals surface area contributed by atoms with Gasteiger partial charge >= 0.3 is 0 Å². The van der Waals surface area contributed by atoms with Crippen LogP contribution in [0.15, 0.2) is 85.2 Å². The fourth-order valence-electron chi connectivity index (χ4n) is 3.21. The molecule has 0 aliphatic heterocycles. The second kappa shape index (κ2) is 9.75. The predicted octanol–water partition coefficient (Wildman–Crippen LogP) is 5.85. The van der Waals surface area contributed by atoms with Crippen molar-refractivity contribution in [2.24, 2.45) is 0 Å². The predicted molar refractivity (Wildman–Crippen MR) is 127 cm³/mol. The molecular weight excluding hydrogens is 400 g/mol. The zero-order chi connectivity index (χ0) is 22.3. The number of carbonyl (C=O) groups excluding carboxylic acids is 1. The second-order valence-electron chi connectivity index (χ2n) is 7.24. The lowest BCUT2D eigenvalue weighted by Gasteiger charge is -2.12. The first-order valence-electron chi connectivity index (χ1n) is 10.4. The molecule has 2 N–H and O–H groups in total. The van der Waals surface area contributed by atoms with Crippen LogP contribution in [-0.2, 0) is 0 Å². The van der Waals surface area contributed by atoms with Crippen molar-refractivity contribution >= 4 is 23.1 Å². The molecule has 4 rings (SSSR count). The van der Waals surface area contributed by atoms with E-state index < -0.39 is 0 Å². The van der Waals surface area contributed by atoms with E-state index in [4.69, 9.17) is 4.74 Å². The first kappa shape index (κ1) is 21.1. The van der Waals surface area contributed by atoms with Crippen LogP contribution >= 0.6 is 0 Å². The Bertz CT molecular complexity index is 1210. The summed E-state index contributed by atoms with van der Waals surface area (Å²) >= 11 is 0. The monoisotopic (exact) mass is 424 g/mol. The number of hydrogen-bond donors (Lipinski definition) is 2. The van der Waals surface area contributed by atoms with Crippen molar-refractivity contribution in [1.29, 1.82) is 0 Å². The summed E-state index contributed by atoms with van der Waals surface area (Å²) in [4.78, 5) is 21.3. The second-order valence-corrected chi connectivity index (χ2v) is 7.24. The van der Waals surface area contributed by atoms with E-state index in [0.29, 0.717) is 29.4 Å². The van der Waals surface area contributed by atoms with E-state index in [-0.39, 0.29) is 5.91 Å². The van der Waals surface area contributed by atoms with Gasteiger partial charge in [-0.3, -0.25) is 4.79 Å². The minimum Gasteiger partial charge on any atom is -0.492 e. The maximum absolute atomic E-state index is 12.7. The number of hydrogen-bond acceptors (Lipinski definition) is 5. The summed E-state index contributed by atoms with van der Waals surface area (Å²) in [7, 11) is 0.